The molecule has 1 unspecified atom stereocenters. The molecule has 7 nitrogen and oxygen atoms in total. The summed E-state index contributed by atoms with van der Waals surface area (Å²) in [5, 5.41) is 20.6. The molecule has 0 aliphatic carbocycles. The maximum absolute atomic E-state index is 13.0. The van der Waals surface area contributed by atoms with Gasteiger partial charge in [-0.15, -0.1) is 0 Å². The van der Waals surface area contributed by atoms with E-state index in [-0.39, 0.29) is 24.2 Å². The topological polar surface area (TPSA) is 88.5 Å². The Hall–Kier alpha value is -1.83. The maximum Gasteiger partial charge on any atom is 0.254 e. The van der Waals surface area contributed by atoms with Gasteiger partial charge in [-0.2, -0.15) is 0 Å². The van der Waals surface area contributed by atoms with E-state index in [1.165, 1.54) is 7.11 Å². The van der Waals surface area contributed by atoms with Crippen LogP contribution in [0.15, 0.2) is 18.2 Å². The van der Waals surface area contributed by atoms with Crippen LogP contribution in [0.2, 0.25) is 0 Å². The highest BCUT2D eigenvalue weighted by atomic mass is 16.7. The molecule has 27 heavy (non-hydrogen) atoms. The Morgan fingerprint density at radius 1 is 1.37 bits per heavy atom. The summed E-state index contributed by atoms with van der Waals surface area (Å²) in [6.07, 6.45) is -1.27. The summed E-state index contributed by atoms with van der Waals surface area (Å²) in [4.78, 5) is 14.7. The molecule has 0 bridgehead atoms. The van der Waals surface area contributed by atoms with Crippen LogP contribution in [0.1, 0.15) is 39.2 Å². The number of amides is 1. The smallest absolute Gasteiger partial charge is 0.254 e. The molecular formula is C20H29NO6. The Kier molecular flexibility index (Phi) is 5.14. The lowest BCUT2D eigenvalue weighted by Crippen LogP contribution is -2.42. The third kappa shape index (κ3) is 3.63. The highest BCUT2D eigenvalue weighted by molar-refractivity contribution is 5.82. The number of carbonyl (C=O) groups is 1. The fourth-order valence-electron chi connectivity index (χ4n) is 4.03. The lowest BCUT2D eigenvalue weighted by atomic mass is 9.72. The van der Waals surface area contributed by atoms with E-state index in [0.29, 0.717) is 18.8 Å². The molecule has 2 heterocycles. The monoisotopic (exact) mass is 379 g/mol. The van der Waals surface area contributed by atoms with Gasteiger partial charge in [0.25, 0.3) is 5.91 Å². The molecular weight excluding hydrogens is 350 g/mol. The molecule has 1 amide bonds. The van der Waals surface area contributed by atoms with E-state index in [9.17, 15) is 15.0 Å². The summed E-state index contributed by atoms with van der Waals surface area (Å²) in [5.41, 5.74) is 0.307. The van der Waals surface area contributed by atoms with Gasteiger partial charge in [0, 0.05) is 24.4 Å². The van der Waals surface area contributed by atoms with E-state index in [4.69, 9.17) is 14.2 Å². The van der Waals surface area contributed by atoms with Gasteiger partial charge < -0.3 is 29.3 Å². The van der Waals surface area contributed by atoms with Crippen molar-refractivity contribution in [2.24, 2.45) is 5.41 Å². The number of hydrogen-bond donors (Lipinski definition) is 2. The van der Waals surface area contributed by atoms with Gasteiger partial charge in [0.1, 0.15) is 0 Å². The van der Waals surface area contributed by atoms with E-state index in [2.05, 4.69) is 0 Å². The van der Waals surface area contributed by atoms with Crippen LogP contribution in [0.5, 0.6) is 11.5 Å². The van der Waals surface area contributed by atoms with Crippen molar-refractivity contribution >= 4 is 5.91 Å². The van der Waals surface area contributed by atoms with E-state index in [1.54, 1.807) is 37.8 Å². The minimum absolute atomic E-state index is 0.0435. The number of ether oxygens (including phenoxy) is 3. The quantitative estimate of drug-likeness (QED) is 0.830. The number of aromatic hydroxyl groups is 1. The molecule has 0 saturated carbocycles. The highest BCUT2D eigenvalue weighted by Crippen LogP contribution is 2.47. The lowest BCUT2D eigenvalue weighted by Gasteiger charge is -2.33. The molecule has 2 aliphatic heterocycles. The molecule has 2 fully saturated rings. The van der Waals surface area contributed by atoms with Crippen molar-refractivity contribution in [1.29, 1.82) is 0 Å². The molecule has 0 radical (unpaired) electrons. The average Bonchev–Trinajstić information content (AvgIpc) is 3.15. The van der Waals surface area contributed by atoms with Crippen molar-refractivity contribution in [3.8, 4) is 11.5 Å². The van der Waals surface area contributed by atoms with Crippen molar-refractivity contribution in [1.82, 2.24) is 4.90 Å². The van der Waals surface area contributed by atoms with Crippen molar-refractivity contribution in [2.45, 2.75) is 51.6 Å². The summed E-state index contributed by atoms with van der Waals surface area (Å²) in [5.74, 6) is -0.597. The second-order valence-corrected chi connectivity index (χ2v) is 8.20. The normalized spacial score (nSPS) is 31.1. The number of aliphatic hydroxyl groups is 1. The molecule has 2 aliphatic rings. The number of methoxy groups -OCH3 is 1. The van der Waals surface area contributed by atoms with Crippen molar-refractivity contribution in [3.05, 3.63) is 23.8 Å². The summed E-state index contributed by atoms with van der Waals surface area (Å²) in [7, 11) is 1.50. The number of hydrogen-bond acceptors (Lipinski definition) is 6. The summed E-state index contributed by atoms with van der Waals surface area (Å²) < 4.78 is 16.3. The Labute approximate surface area is 159 Å². The lowest BCUT2D eigenvalue weighted by molar-refractivity contribution is -0.159. The van der Waals surface area contributed by atoms with Crippen LogP contribution < -0.4 is 4.74 Å². The fraction of sp³-hybridized carbons (Fsp3) is 0.650. The molecule has 1 aromatic carbocycles. The zero-order valence-electron chi connectivity index (χ0n) is 16.6. The Morgan fingerprint density at radius 2 is 2.07 bits per heavy atom. The molecule has 4 atom stereocenters. The van der Waals surface area contributed by atoms with E-state index < -0.39 is 23.4 Å². The van der Waals surface area contributed by atoms with Gasteiger partial charge in [0.05, 0.1) is 19.8 Å². The fourth-order valence-corrected chi connectivity index (χ4v) is 4.03. The van der Waals surface area contributed by atoms with Gasteiger partial charge in [0.2, 0.25) is 0 Å². The van der Waals surface area contributed by atoms with Gasteiger partial charge in [-0.05, 0) is 38.5 Å². The molecule has 0 spiro atoms. The predicted octanol–water partition coefficient (Wildman–Crippen LogP) is 1.87. The summed E-state index contributed by atoms with van der Waals surface area (Å²) in [6, 6.07) is 5.22. The Bertz CT molecular complexity index is 718. The Morgan fingerprint density at radius 3 is 2.59 bits per heavy atom. The first-order valence-corrected chi connectivity index (χ1v) is 9.23. The summed E-state index contributed by atoms with van der Waals surface area (Å²) in [6.45, 7) is 8.34. The zero-order chi connectivity index (χ0) is 20.0. The second-order valence-electron chi connectivity index (χ2n) is 8.20. The first kappa shape index (κ1) is 19.9. The largest absolute Gasteiger partial charge is 0.504 e. The molecule has 150 valence electrons. The minimum Gasteiger partial charge on any atom is -0.504 e. The molecule has 2 N–H and O–H groups in total. The van der Waals surface area contributed by atoms with Crippen molar-refractivity contribution < 1.29 is 29.2 Å². The van der Waals surface area contributed by atoms with Crippen LogP contribution >= 0.6 is 0 Å². The number of benzene rings is 1. The average molecular weight is 379 g/mol. The second kappa shape index (κ2) is 6.96. The van der Waals surface area contributed by atoms with E-state index in [0.717, 1.165) is 5.56 Å². The van der Waals surface area contributed by atoms with Crippen LogP contribution in [-0.2, 0) is 14.3 Å². The molecule has 0 aromatic heterocycles. The summed E-state index contributed by atoms with van der Waals surface area (Å²) >= 11 is 0. The third-order valence-corrected chi connectivity index (χ3v) is 5.89. The zero-order valence-corrected chi connectivity index (χ0v) is 16.6. The van der Waals surface area contributed by atoms with Crippen LogP contribution in [-0.4, -0.2) is 65.8 Å². The number of nitrogens with zero attached hydrogens (tertiary/aromatic N) is 1. The third-order valence-electron chi connectivity index (χ3n) is 5.89. The molecule has 1 aromatic rings. The molecule has 2 saturated heterocycles. The standard InChI is InChI=1S/C20H29NO6/c1-12(22)20(4)11-21(18(24)17-10-26-19(2,3)27-17)9-14(20)13-6-7-16(25-5)15(23)8-13/h6-8,12,14,17,22-23H,9-11H2,1-5H3/t12-,14+,17?,20+/m1/s1. The molecule has 7 heteroatoms. The van der Waals surface area contributed by atoms with Gasteiger partial charge in [0.15, 0.2) is 23.4 Å². The van der Waals surface area contributed by atoms with Crippen molar-refractivity contribution in [3.63, 3.8) is 0 Å². The van der Waals surface area contributed by atoms with Gasteiger partial charge in [-0.3, -0.25) is 4.79 Å². The number of aliphatic hydroxyl groups excluding tert-OH is 1. The van der Waals surface area contributed by atoms with Gasteiger partial charge in [-0.25, -0.2) is 0 Å². The highest BCUT2D eigenvalue weighted by Gasteiger charge is 2.50. The van der Waals surface area contributed by atoms with Crippen LogP contribution in [0.25, 0.3) is 0 Å². The van der Waals surface area contributed by atoms with E-state index in [1.807, 2.05) is 13.0 Å². The first-order valence-electron chi connectivity index (χ1n) is 9.23. The van der Waals surface area contributed by atoms with Crippen LogP contribution in [0, 0.1) is 5.41 Å². The Balaban J connectivity index is 1.85. The number of phenolic OH excluding ortho intramolecular Hbond substituents is 1. The van der Waals surface area contributed by atoms with Gasteiger partial charge >= 0.3 is 0 Å². The minimum atomic E-state index is -0.769. The predicted molar refractivity (Wildman–Crippen MR) is 98.7 cm³/mol. The number of carbonyl (C=O) groups excluding carboxylic acids is 1. The SMILES string of the molecule is COc1ccc([C@@H]2CN(C(=O)C3COC(C)(C)O3)C[C@@]2(C)[C@@H](C)O)cc1O. The first-order chi connectivity index (χ1) is 12.6. The number of likely N-dealkylation sites (tertiary alicyclic amines) is 1. The van der Waals surface area contributed by atoms with Gasteiger partial charge in [-0.1, -0.05) is 13.0 Å². The number of phenols is 1. The number of rotatable bonds is 4. The molecule has 3 rings (SSSR count). The van der Waals surface area contributed by atoms with Crippen LogP contribution in [0.3, 0.4) is 0 Å². The van der Waals surface area contributed by atoms with Crippen LogP contribution in [0.4, 0.5) is 0 Å². The van der Waals surface area contributed by atoms with Crippen molar-refractivity contribution in [2.75, 3.05) is 26.8 Å². The maximum atomic E-state index is 13.0. The van der Waals surface area contributed by atoms with E-state index >= 15 is 0 Å².